The molecule has 2 aromatic rings. The van der Waals surface area contributed by atoms with Crippen LogP contribution in [0.1, 0.15) is 63.0 Å². The summed E-state index contributed by atoms with van der Waals surface area (Å²) < 4.78 is 11.6. The number of para-hydroxylation sites is 1. The van der Waals surface area contributed by atoms with E-state index in [4.69, 9.17) is 9.15 Å². The number of nitrogens with zero attached hydrogens (tertiary/aromatic N) is 1. The van der Waals surface area contributed by atoms with Crippen LogP contribution in [0.3, 0.4) is 0 Å². The van der Waals surface area contributed by atoms with Gasteiger partial charge in [0, 0.05) is 36.9 Å². The second kappa shape index (κ2) is 8.46. The molecule has 1 N–H and O–H groups in total. The molecule has 0 spiro atoms. The Hall–Kier alpha value is -2.27. The molecule has 5 nitrogen and oxygen atoms in total. The summed E-state index contributed by atoms with van der Waals surface area (Å²) in [6.07, 6.45) is 8.81. The minimum atomic E-state index is -0.429. The maximum atomic E-state index is 13.1. The molecule has 0 amide bonds. The molecule has 1 aromatic carbocycles. The van der Waals surface area contributed by atoms with Gasteiger partial charge in [0.05, 0.1) is 0 Å². The molecule has 0 radical (unpaired) electrons. The maximum Gasteiger partial charge on any atom is 0.363 e. The summed E-state index contributed by atoms with van der Waals surface area (Å²) in [5, 5.41) is 11.0. The van der Waals surface area contributed by atoms with Crippen molar-refractivity contribution in [1.82, 2.24) is 0 Å². The average molecular weight is 410 g/mol. The highest BCUT2D eigenvalue weighted by atomic mass is 16.5. The van der Waals surface area contributed by atoms with E-state index in [2.05, 4.69) is 0 Å². The van der Waals surface area contributed by atoms with E-state index in [-0.39, 0.29) is 23.4 Å². The van der Waals surface area contributed by atoms with Crippen LogP contribution in [0.15, 0.2) is 45.6 Å². The minimum absolute atomic E-state index is 0.0395. The summed E-state index contributed by atoms with van der Waals surface area (Å²) in [7, 11) is 0. The van der Waals surface area contributed by atoms with Crippen LogP contribution in [-0.4, -0.2) is 24.4 Å². The Morgan fingerprint density at radius 2 is 1.80 bits per heavy atom. The fourth-order valence-corrected chi connectivity index (χ4v) is 4.84. The molecule has 2 unspecified atom stereocenters. The second-order valence-corrected chi connectivity index (χ2v) is 9.30. The van der Waals surface area contributed by atoms with Gasteiger partial charge in [0.25, 0.3) is 0 Å². The van der Waals surface area contributed by atoms with E-state index in [1.807, 2.05) is 35.2 Å². The third kappa shape index (κ3) is 4.41. The zero-order chi connectivity index (χ0) is 20.5. The lowest BCUT2D eigenvalue weighted by Crippen LogP contribution is -2.26. The average Bonchev–Trinajstić information content (AvgIpc) is 3.67. The van der Waals surface area contributed by atoms with Crippen LogP contribution in [-0.2, 0) is 4.74 Å². The number of hydrogen-bond acceptors (Lipinski definition) is 5. The highest BCUT2D eigenvalue weighted by Gasteiger charge is 2.36. The van der Waals surface area contributed by atoms with Gasteiger partial charge in [0.2, 0.25) is 0 Å². The Morgan fingerprint density at radius 1 is 1.03 bits per heavy atom. The van der Waals surface area contributed by atoms with Gasteiger partial charge in [-0.2, -0.15) is 0 Å². The van der Waals surface area contributed by atoms with E-state index in [1.54, 1.807) is 6.07 Å². The Bertz CT molecular complexity index is 910. The number of anilines is 2. The van der Waals surface area contributed by atoms with Crippen molar-refractivity contribution in [3.05, 3.63) is 52.6 Å². The van der Waals surface area contributed by atoms with Crippen LogP contribution in [0.5, 0.6) is 5.75 Å². The topological polar surface area (TPSA) is 62.9 Å². The molecule has 160 valence electrons. The van der Waals surface area contributed by atoms with Gasteiger partial charge in [-0.3, -0.25) is 0 Å². The summed E-state index contributed by atoms with van der Waals surface area (Å²) in [5.74, 6) is 2.07. The number of ether oxygens (including phenoxy) is 1. The first-order valence-electron chi connectivity index (χ1n) is 11.5. The van der Waals surface area contributed by atoms with Crippen molar-refractivity contribution in [2.75, 3.05) is 18.1 Å². The van der Waals surface area contributed by atoms with E-state index < -0.39 is 5.63 Å². The van der Waals surface area contributed by atoms with E-state index in [0.717, 1.165) is 56.9 Å². The largest absolute Gasteiger partial charge is 0.505 e. The molecule has 2 atom stereocenters. The highest BCUT2D eigenvalue weighted by Crippen LogP contribution is 2.44. The van der Waals surface area contributed by atoms with Gasteiger partial charge in [-0.15, -0.1) is 0 Å². The van der Waals surface area contributed by atoms with Gasteiger partial charge in [-0.1, -0.05) is 31.0 Å². The van der Waals surface area contributed by atoms with Crippen molar-refractivity contribution in [3.8, 4) is 5.75 Å². The number of aromatic hydroxyl groups is 1. The van der Waals surface area contributed by atoms with Gasteiger partial charge >= 0.3 is 5.63 Å². The Kier molecular flexibility index (Phi) is 5.55. The van der Waals surface area contributed by atoms with Gasteiger partial charge in [-0.25, -0.2) is 4.79 Å². The Balaban J connectivity index is 1.45. The quantitative estimate of drug-likeness (QED) is 0.637. The van der Waals surface area contributed by atoms with Crippen LogP contribution in [0.25, 0.3) is 0 Å². The molecule has 5 rings (SSSR count). The Morgan fingerprint density at radius 3 is 2.43 bits per heavy atom. The summed E-state index contributed by atoms with van der Waals surface area (Å²) in [5.41, 5.74) is 0.768. The molecule has 1 saturated heterocycles. The predicted molar refractivity (Wildman–Crippen MR) is 116 cm³/mol. The Labute approximate surface area is 177 Å². The fraction of sp³-hybridized carbons (Fsp3) is 0.560. The fourth-order valence-electron chi connectivity index (χ4n) is 4.84. The maximum absolute atomic E-state index is 13.1. The normalized spacial score (nSPS) is 22.6. The summed E-state index contributed by atoms with van der Waals surface area (Å²) in [6, 6.07) is 11.8. The number of hydrogen-bond donors (Lipinski definition) is 1. The summed E-state index contributed by atoms with van der Waals surface area (Å²) >= 11 is 0. The number of rotatable bonds is 8. The van der Waals surface area contributed by atoms with E-state index in [0.29, 0.717) is 11.7 Å². The van der Waals surface area contributed by atoms with Crippen LogP contribution in [0.4, 0.5) is 11.4 Å². The van der Waals surface area contributed by atoms with Crippen molar-refractivity contribution in [1.29, 1.82) is 0 Å². The lowest BCUT2D eigenvalue weighted by molar-refractivity contribution is 0.0473. The molecule has 30 heavy (non-hydrogen) atoms. The van der Waals surface area contributed by atoms with E-state index in [1.165, 1.54) is 19.3 Å². The molecule has 1 aliphatic heterocycles. The first-order chi connectivity index (χ1) is 14.7. The molecular weight excluding hydrogens is 378 g/mol. The molecule has 2 saturated carbocycles. The van der Waals surface area contributed by atoms with Gasteiger partial charge in [0.15, 0.2) is 5.69 Å². The second-order valence-electron chi connectivity index (χ2n) is 9.30. The van der Waals surface area contributed by atoms with Crippen molar-refractivity contribution >= 4 is 11.4 Å². The molecule has 2 aliphatic carbocycles. The van der Waals surface area contributed by atoms with Crippen molar-refractivity contribution < 1.29 is 14.3 Å². The van der Waals surface area contributed by atoms with E-state index >= 15 is 0 Å². The molecule has 0 bridgehead atoms. The molecule has 3 fully saturated rings. The SMILES string of the molecule is O=c1oc(C(CC2CC2)CC2CCCOC2)cc(O)c1N(c1ccccc1)C1CC1. The monoisotopic (exact) mass is 409 g/mol. The first kappa shape index (κ1) is 19.7. The van der Waals surface area contributed by atoms with Crippen molar-refractivity contribution in [2.24, 2.45) is 11.8 Å². The molecule has 2 heterocycles. The van der Waals surface area contributed by atoms with Crippen LogP contribution in [0, 0.1) is 11.8 Å². The summed E-state index contributed by atoms with van der Waals surface area (Å²) in [6.45, 7) is 1.64. The first-order valence-corrected chi connectivity index (χ1v) is 11.5. The van der Waals surface area contributed by atoms with Gasteiger partial charge in [0.1, 0.15) is 11.5 Å². The van der Waals surface area contributed by atoms with Crippen molar-refractivity contribution in [3.63, 3.8) is 0 Å². The summed E-state index contributed by atoms with van der Waals surface area (Å²) in [4.78, 5) is 15.1. The molecule has 1 aromatic heterocycles. The standard InChI is InChI=1S/C25H31NO4/c27-22-15-23(19(13-17-8-9-17)14-18-5-4-12-29-16-18)30-25(28)24(22)26(21-10-11-21)20-6-2-1-3-7-20/h1-3,6-7,15,17-19,21,27H,4-5,8-14,16H2. The molecule has 3 aliphatic rings. The predicted octanol–water partition coefficient (Wildman–Crippen LogP) is 5.35. The van der Waals surface area contributed by atoms with Crippen LogP contribution >= 0.6 is 0 Å². The lowest BCUT2D eigenvalue weighted by Gasteiger charge is -2.27. The van der Waals surface area contributed by atoms with Crippen LogP contribution < -0.4 is 10.5 Å². The van der Waals surface area contributed by atoms with Gasteiger partial charge in [-0.05, 0) is 62.5 Å². The third-order valence-electron chi connectivity index (χ3n) is 6.70. The minimum Gasteiger partial charge on any atom is -0.505 e. The number of benzene rings is 1. The third-order valence-corrected chi connectivity index (χ3v) is 6.70. The van der Waals surface area contributed by atoms with Gasteiger partial charge < -0.3 is 19.2 Å². The molecular formula is C25H31NO4. The zero-order valence-corrected chi connectivity index (χ0v) is 17.5. The smallest absolute Gasteiger partial charge is 0.363 e. The highest BCUT2D eigenvalue weighted by molar-refractivity contribution is 5.69. The van der Waals surface area contributed by atoms with E-state index in [9.17, 15) is 9.90 Å². The van der Waals surface area contributed by atoms with Crippen LogP contribution in [0.2, 0.25) is 0 Å². The lowest BCUT2D eigenvalue weighted by atomic mass is 9.85. The molecule has 5 heteroatoms. The van der Waals surface area contributed by atoms with Crippen molar-refractivity contribution in [2.45, 2.75) is 63.3 Å². The zero-order valence-electron chi connectivity index (χ0n) is 17.5.